The van der Waals surface area contributed by atoms with Crippen LogP contribution in [-0.4, -0.2) is 15.0 Å². The first kappa shape index (κ1) is 36.1. The molecule has 0 fully saturated rings. The molecule has 0 saturated carbocycles. The molecule has 0 spiro atoms. The molecule has 12 rings (SSSR count). The third kappa shape index (κ3) is 5.68. The Labute approximate surface area is 364 Å². The van der Waals surface area contributed by atoms with Crippen molar-refractivity contribution in [3.8, 4) is 67.5 Å². The topological polar surface area (TPSA) is 38.7 Å². The summed E-state index contributed by atoms with van der Waals surface area (Å²) < 4.78 is 2.41. The van der Waals surface area contributed by atoms with E-state index in [1.165, 1.54) is 59.1 Å². The van der Waals surface area contributed by atoms with Crippen molar-refractivity contribution in [2.45, 2.75) is 5.41 Å². The number of nitrogens with zero attached hydrogens (tertiary/aromatic N) is 3. The largest absolute Gasteiger partial charge is 0.208 e. The van der Waals surface area contributed by atoms with E-state index in [-0.39, 0.29) is 0 Å². The van der Waals surface area contributed by atoms with Crippen LogP contribution in [0.4, 0.5) is 0 Å². The molecule has 290 valence electrons. The van der Waals surface area contributed by atoms with Crippen molar-refractivity contribution >= 4 is 31.5 Å². The van der Waals surface area contributed by atoms with Crippen LogP contribution in [0.2, 0.25) is 0 Å². The Kier molecular flexibility index (Phi) is 8.58. The fraction of sp³-hybridized carbons (Fsp3) is 0.0172. The molecule has 0 aliphatic heterocycles. The number of hydrogen-bond donors (Lipinski definition) is 0. The van der Waals surface area contributed by atoms with Crippen LogP contribution in [0.1, 0.15) is 22.3 Å². The van der Waals surface area contributed by atoms with Crippen LogP contribution in [0.25, 0.3) is 87.7 Å². The minimum atomic E-state index is -0.463. The number of hydrogen-bond acceptors (Lipinski definition) is 4. The minimum Gasteiger partial charge on any atom is -0.208 e. The highest BCUT2D eigenvalue weighted by molar-refractivity contribution is 7.26. The van der Waals surface area contributed by atoms with Gasteiger partial charge in [-0.1, -0.05) is 212 Å². The molecule has 0 unspecified atom stereocenters. The molecule has 0 N–H and O–H groups in total. The highest BCUT2D eigenvalue weighted by atomic mass is 32.1. The summed E-state index contributed by atoms with van der Waals surface area (Å²) in [6.45, 7) is 0. The van der Waals surface area contributed by atoms with E-state index >= 15 is 0 Å². The SMILES string of the molecule is c1ccc(-c2ccccc2-c2nc(-c3ccc(-c4cccc5c4-c4ccccc4C5(c4ccccc4)c4ccccc4)cc3)nc(-c3cccc4c3sc3ccccc34)n2)cc1. The third-order valence-corrected chi connectivity index (χ3v) is 13.7. The van der Waals surface area contributed by atoms with Crippen molar-refractivity contribution in [1.29, 1.82) is 0 Å². The average Bonchev–Trinajstić information content (AvgIpc) is 3.89. The zero-order valence-electron chi connectivity index (χ0n) is 33.6. The van der Waals surface area contributed by atoms with E-state index < -0.39 is 5.41 Å². The van der Waals surface area contributed by atoms with Crippen molar-refractivity contribution < 1.29 is 0 Å². The molecule has 0 bridgehead atoms. The van der Waals surface area contributed by atoms with Crippen LogP contribution < -0.4 is 0 Å². The lowest BCUT2D eigenvalue weighted by Gasteiger charge is -2.34. The molecule has 4 heteroatoms. The van der Waals surface area contributed by atoms with Gasteiger partial charge in [0.25, 0.3) is 0 Å². The molecule has 0 atom stereocenters. The van der Waals surface area contributed by atoms with Crippen LogP contribution >= 0.6 is 11.3 Å². The van der Waals surface area contributed by atoms with Crippen LogP contribution in [0.5, 0.6) is 0 Å². The zero-order chi connectivity index (χ0) is 41.0. The highest BCUT2D eigenvalue weighted by Crippen LogP contribution is 2.58. The van der Waals surface area contributed by atoms with Gasteiger partial charge in [-0.2, -0.15) is 0 Å². The van der Waals surface area contributed by atoms with Gasteiger partial charge in [-0.25, -0.2) is 15.0 Å². The number of benzene rings is 9. The highest BCUT2D eigenvalue weighted by Gasteiger charge is 2.46. The second-order valence-corrected chi connectivity index (χ2v) is 16.9. The maximum absolute atomic E-state index is 5.28. The predicted molar refractivity (Wildman–Crippen MR) is 257 cm³/mol. The monoisotopic (exact) mass is 807 g/mol. The summed E-state index contributed by atoms with van der Waals surface area (Å²) in [5.41, 5.74) is 14.6. The van der Waals surface area contributed by atoms with E-state index in [9.17, 15) is 0 Å². The first-order valence-electron chi connectivity index (χ1n) is 21.0. The number of thiophene rings is 1. The van der Waals surface area contributed by atoms with Crippen LogP contribution in [-0.2, 0) is 5.41 Å². The molecule has 9 aromatic carbocycles. The van der Waals surface area contributed by atoms with Crippen molar-refractivity contribution in [1.82, 2.24) is 15.0 Å². The summed E-state index contributed by atoms with van der Waals surface area (Å²) in [5, 5.41) is 2.45. The summed E-state index contributed by atoms with van der Waals surface area (Å²) in [5.74, 6) is 1.93. The Balaban J connectivity index is 1.03. The molecule has 1 aliphatic rings. The Morgan fingerprint density at radius 3 is 1.53 bits per heavy atom. The summed E-state index contributed by atoms with van der Waals surface area (Å²) >= 11 is 1.79. The quantitative estimate of drug-likeness (QED) is 0.161. The van der Waals surface area contributed by atoms with E-state index in [2.05, 4.69) is 218 Å². The molecule has 11 aromatic rings. The van der Waals surface area contributed by atoms with E-state index in [4.69, 9.17) is 15.0 Å². The molecule has 2 aromatic heterocycles. The maximum atomic E-state index is 5.28. The molecule has 2 heterocycles. The average molecular weight is 808 g/mol. The summed E-state index contributed by atoms with van der Waals surface area (Å²) in [4.78, 5) is 15.8. The molecule has 1 aliphatic carbocycles. The van der Waals surface area contributed by atoms with Crippen molar-refractivity contribution in [2.75, 3.05) is 0 Å². The van der Waals surface area contributed by atoms with Gasteiger partial charge in [0.05, 0.1) is 5.41 Å². The van der Waals surface area contributed by atoms with E-state index in [1.54, 1.807) is 11.3 Å². The standard InChI is InChI=1S/C58H37N3S/c1-4-18-38(19-5-1)43-24-10-11-26-47(43)56-59-55(60-57(61-56)49-30-16-29-46-45-25-13-15-33-52(45)62-54(46)49)40-36-34-39(35-37-40)44-28-17-32-51-53(44)48-27-12-14-31-50(48)58(51,41-20-6-2-7-21-41)42-22-8-3-9-23-42/h1-37H. The summed E-state index contributed by atoms with van der Waals surface area (Å²) in [6.07, 6.45) is 0. The molecular weight excluding hydrogens is 771 g/mol. The second-order valence-electron chi connectivity index (χ2n) is 15.8. The first-order valence-corrected chi connectivity index (χ1v) is 21.8. The lowest BCUT2D eigenvalue weighted by molar-refractivity contribution is 0.768. The number of fused-ring (bicyclic) bond motifs is 6. The lowest BCUT2D eigenvalue weighted by atomic mass is 9.67. The Hall–Kier alpha value is -7.79. The second kappa shape index (κ2) is 14.7. The van der Waals surface area contributed by atoms with Gasteiger partial charge < -0.3 is 0 Å². The first-order chi connectivity index (χ1) is 30.8. The van der Waals surface area contributed by atoms with E-state index in [1.807, 2.05) is 6.07 Å². The fourth-order valence-electron chi connectivity index (χ4n) is 9.75. The molecule has 62 heavy (non-hydrogen) atoms. The van der Waals surface area contributed by atoms with Gasteiger partial charge in [-0.15, -0.1) is 11.3 Å². The lowest BCUT2D eigenvalue weighted by Crippen LogP contribution is -2.28. The van der Waals surface area contributed by atoms with Crippen molar-refractivity contribution in [2.24, 2.45) is 0 Å². The predicted octanol–water partition coefficient (Wildman–Crippen LogP) is 14.9. The third-order valence-electron chi connectivity index (χ3n) is 12.5. The van der Waals surface area contributed by atoms with Gasteiger partial charge in [-0.05, 0) is 67.8 Å². The van der Waals surface area contributed by atoms with Crippen LogP contribution in [0.3, 0.4) is 0 Å². The van der Waals surface area contributed by atoms with Crippen LogP contribution in [0, 0.1) is 0 Å². The number of aromatic nitrogens is 3. The smallest absolute Gasteiger partial charge is 0.165 e. The fourth-order valence-corrected chi connectivity index (χ4v) is 11.0. The normalized spacial score (nSPS) is 12.6. The van der Waals surface area contributed by atoms with Gasteiger partial charge in [-0.3, -0.25) is 0 Å². The summed E-state index contributed by atoms with van der Waals surface area (Å²) in [6, 6.07) is 80.4. The van der Waals surface area contributed by atoms with Crippen molar-refractivity contribution in [3.63, 3.8) is 0 Å². The van der Waals surface area contributed by atoms with Gasteiger partial charge in [0.1, 0.15) is 0 Å². The van der Waals surface area contributed by atoms with Gasteiger partial charge >= 0.3 is 0 Å². The van der Waals surface area contributed by atoms with Gasteiger partial charge in [0, 0.05) is 36.9 Å². The van der Waals surface area contributed by atoms with Crippen molar-refractivity contribution in [3.05, 3.63) is 247 Å². The molecule has 3 nitrogen and oxygen atoms in total. The van der Waals surface area contributed by atoms with Gasteiger partial charge in [0.2, 0.25) is 0 Å². The van der Waals surface area contributed by atoms with E-state index in [0.717, 1.165) is 33.4 Å². The van der Waals surface area contributed by atoms with Gasteiger partial charge in [0.15, 0.2) is 17.5 Å². The molecule has 0 radical (unpaired) electrons. The Morgan fingerprint density at radius 1 is 0.306 bits per heavy atom. The molecule has 0 saturated heterocycles. The summed E-state index contributed by atoms with van der Waals surface area (Å²) in [7, 11) is 0. The van der Waals surface area contributed by atoms with Crippen LogP contribution in [0.15, 0.2) is 224 Å². The Morgan fingerprint density at radius 2 is 0.790 bits per heavy atom. The molecular formula is C58H37N3S. The zero-order valence-corrected chi connectivity index (χ0v) is 34.4. The molecule has 0 amide bonds. The maximum Gasteiger partial charge on any atom is 0.165 e. The van der Waals surface area contributed by atoms with E-state index in [0.29, 0.717) is 17.5 Å². The Bertz CT molecular complexity index is 3410. The minimum absolute atomic E-state index is 0.463. The number of rotatable bonds is 7.